The SMILES string of the molecule is CCc1nnc(NC(=O)Cc2csc(Cc3ccccc3)n2)s1. The number of carbonyl (C=O) groups is 1. The largest absolute Gasteiger partial charge is 0.300 e. The molecule has 0 unspecified atom stereocenters. The molecular formula is C16H16N4OS2. The number of aryl methyl sites for hydroxylation is 1. The second-order valence-corrected chi connectivity index (χ2v) is 6.98. The maximum absolute atomic E-state index is 12.0. The number of amides is 1. The molecule has 0 saturated heterocycles. The smallest absolute Gasteiger partial charge is 0.232 e. The molecule has 3 rings (SSSR count). The third-order valence-corrected chi connectivity index (χ3v) is 5.04. The number of thiazole rings is 1. The average molecular weight is 344 g/mol. The van der Waals surface area contributed by atoms with E-state index in [0.717, 1.165) is 28.6 Å². The van der Waals surface area contributed by atoms with E-state index in [1.165, 1.54) is 16.9 Å². The molecule has 1 N–H and O–H groups in total. The molecule has 0 spiro atoms. The van der Waals surface area contributed by atoms with Crippen molar-refractivity contribution >= 4 is 33.7 Å². The molecule has 2 heterocycles. The third kappa shape index (κ3) is 4.43. The molecule has 0 atom stereocenters. The second-order valence-electron chi connectivity index (χ2n) is 4.97. The van der Waals surface area contributed by atoms with Gasteiger partial charge < -0.3 is 5.32 Å². The molecule has 0 aliphatic heterocycles. The molecule has 0 saturated carbocycles. The minimum absolute atomic E-state index is 0.111. The number of aromatic nitrogens is 3. The number of hydrogen-bond donors (Lipinski definition) is 1. The standard InChI is InChI=1S/C16H16N4OS2/c1-2-14-19-20-16(23-14)18-13(21)9-12-10-22-15(17-12)8-11-6-4-3-5-7-11/h3-7,10H,2,8-9H2,1H3,(H,18,20,21). The van der Waals surface area contributed by atoms with E-state index in [0.29, 0.717) is 5.13 Å². The summed E-state index contributed by atoms with van der Waals surface area (Å²) in [6, 6.07) is 10.2. The summed E-state index contributed by atoms with van der Waals surface area (Å²) >= 11 is 2.99. The molecular weight excluding hydrogens is 328 g/mol. The molecule has 0 bridgehead atoms. The average Bonchev–Trinajstić information content (AvgIpc) is 3.18. The molecule has 5 nitrogen and oxygen atoms in total. The van der Waals surface area contributed by atoms with Crippen molar-refractivity contribution in [3.05, 3.63) is 57.0 Å². The van der Waals surface area contributed by atoms with Crippen LogP contribution in [0.5, 0.6) is 0 Å². The highest BCUT2D eigenvalue weighted by Gasteiger charge is 2.11. The predicted octanol–water partition coefficient (Wildman–Crippen LogP) is 3.33. The Balaban J connectivity index is 1.57. The van der Waals surface area contributed by atoms with Crippen LogP contribution in [0, 0.1) is 0 Å². The van der Waals surface area contributed by atoms with Crippen LogP contribution < -0.4 is 5.32 Å². The zero-order valence-electron chi connectivity index (χ0n) is 12.7. The molecule has 0 aliphatic carbocycles. The fourth-order valence-electron chi connectivity index (χ4n) is 2.06. The molecule has 118 valence electrons. The lowest BCUT2D eigenvalue weighted by molar-refractivity contribution is -0.115. The number of nitrogens with zero attached hydrogens (tertiary/aromatic N) is 3. The van der Waals surface area contributed by atoms with Crippen LogP contribution in [0.15, 0.2) is 35.7 Å². The Morgan fingerprint density at radius 1 is 1.17 bits per heavy atom. The van der Waals surface area contributed by atoms with Crippen molar-refractivity contribution in [2.75, 3.05) is 5.32 Å². The number of hydrogen-bond acceptors (Lipinski definition) is 6. The quantitative estimate of drug-likeness (QED) is 0.745. The first-order chi connectivity index (χ1) is 11.2. The van der Waals surface area contributed by atoms with E-state index in [2.05, 4.69) is 32.6 Å². The van der Waals surface area contributed by atoms with Gasteiger partial charge in [0.25, 0.3) is 0 Å². The van der Waals surface area contributed by atoms with E-state index in [1.807, 2.05) is 30.5 Å². The van der Waals surface area contributed by atoms with Gasteiger partial charge in [-0.15, -0.1) is 21.5 Å². The maximum Gasteiger partial charge on any atom is 0.232 e. The summed E-state index contributed by atoms with van der Waals surface area (Å²) in [5, 5.41) is 15.1. The first-order valence-electron chi connectivity index (χ1n) is 7.32. The van der Waals surface area contributed by atoms with Crippen LogP contribution in [-0.2, 0) is 24.1 Å². The van der Waals surface area contributed by atoms with Crippen LogP contribution in [0.4, 0.5) is 5.13 Å². The topological polar surface area (TPSA) is 67.8 Å². The van der Waals surface area contributed by atoms with E-state index in [-0.39, 0.29) is 12.3 Å². The summed E-state index contributed by atoms with van der Waals surface area (Å²) in [6.45, 7) is 2.01. The van der Waals surface area contributed by atoms with Crippen LogP contribution >= 0.6 is 22.7 Å². The third-order valence-electron chi connectivity index (χ3n) is 3.15. The van der Waals surface area contributed by atoms with Crippen LogP contribution in [0.3, 0.4) is 0 Å². The summed E-state index contributed by atoms with van der Waals surface area (Å²) in [4.78, 5) is 16.6. The van der Waals surface area contributed by atoms with E-state index in [4.69, 9.17) is 0 Å². The molecule has 0 aliphatic rings. The van der Waals surface area contributed by atoms with Gasteiger partial charge in [0, 0.05) is 11.8 Å². The zero-order chi connectivity index (χ0) is 16.1. The summed E-state index contributed by atoms with van der Waals surface area (Å²) in [6.07, 6.45) is 1.87. The van der Waals surface area contributed by atoms with Gasteiger partial charge in [0.05, 0.1) is 17.1 Å². The molecule has 1 amide bonds. The summed E-state index contributed by atoms with van der Waals surface area (Å²) in [5.74, 6) is -0.111. The molecule has 3 aromatic rings. The van der Waals surface area contributed by atoms with Gasteiger partial charge in [0.1, 0.15) is 5.01 Å². The number of rotatable bonds is 6. The fraction of sp³-hybridized carbons (Fsp3) is 0.250. The molecule has 23 heavy (non-hydrogen) atoms. The van der Waals surface area contributed by atoms with Gasteiger partial charge in [0.15, 0.2) is 0 Å². The van der Waals surface area contributed by atoms with Crippen LogP contribution in [-0.4, -0.2) is 21.1 Å². The van der Waals surface area contributed by atoms with Crippen molar-refractivity contribution in [2.45, 2.75) is 26.2 Å². The van der Waals surface area contributed by atoms with Gasteiger partial charge in [-0.25, -0.2) is 4.98 Å². The first-order valence-corrected chi connectivity index (χ1v) is 9.02. The fourth-order valence-corrected chi connectivity index (χ4v) is 3.58. The van der Waals surface area contributed by atoms with Gasteiger partial charge in [-0.1, -0.05) is 48.6 Å². The Hall–Kier alpha value is -2.12. The van der Waals surface area contributed by atoms with E-state index in [1.54, 1.807) is 11.3 Å². The molecule has 2 aromatic heterocycles. The Kier molecular flexibility index (Phi) is 5.09. The van der Waals surface area contributed by atoms with E-state index >= 15 is 0 Å². The Morgan fingerprint density at radius 3 is 2.74 bits per heavy atom. The molecule has 1 aromatic carbocycles. The van der Waals surface area contributed by atoms with Crippen LogP contribution in [0.1, 0.15) is 28.2 Å². The van der Waals surface area contributed by atoms with E-state index < -0.39 is 0 Å². The highest BCUT2D eigenvalue weighted by molar-refractivity contribution is 7.15. The van der Waals surface area contributed by atoms with Crippen LogP contribution in [0.25, 0.3) is 0 Å². The van der Waals surface area contributed by atoms with Gasteiger partial charge in [-0.3, -0.25) is 4.79 Å². The summed E-state index contributed by atoms with van der Waals surface area (Å²) < 4.78 is 0. The lowest BCUT2D eigenvalue weighted by atomic mass is 10.2. The summed E-state index contributed by atoms with van der Waals surface area (Å²) in [7, 11) is 0. The van der Waals surface area contributed by atoms with Crippen molar-refractivity contribution in [1.82, 2.24) is 15.2 Å². The monoisotopic (exact) mass is 344 g/mol. The minimum atomic E-state index is -0.111. The number of nitrogens with one attached hydrogen (secondary N) is 1. The number of carbonyl (C=O) groups excluding carboxylic acids is 1. The highest BCUT2D eigenvalue weighted by atomic mass is 32.1. The first kappa shape index (κ1) is 15.8. The Morgan fingerprint density at radius 2 is 2.00 bits per heavy atom. The highest BCUT2D eigenvalue weighted by Crippen LogP contribution is 2.17. The van der Waals surface area contributed by atoms with Gasteiger partial charge in [-0.05, 0) is 12.0 Å². The van der Waals surface area contributed by atoms with Crippen molar-refractivity contribution in [1.29, 1.82) is 0 Å². The predicted molar refractivity (Wildman–Crippen MR) is 93.0 cm³/mol. The minimum Gasteiger partial charge on any atom is -0.300 e. The number of anilines is 1. The lowest BCUT2D eigenvalue weighted by Crippen LogP contribution is -2.14. The van der Waals surface area contributed by atoms with Crippen molar-refractivity contribution < 1.29 is 4.79 Å². The zero-order valence-corrected chi connectivity index (χ0v) is 14.3. The number of benzene rings is 1. The maximum atomic E-state index is 12.0. The normalized spacial score (nSPS) is 10.7. The van der Waals surface area contributed by atoms with Gasteiger partial charge >= 0.3 is 0 Å². The van der Waals surface area contributed by atoms with Gasteiger partial charge in [0.2, 0.25) is 11.0 Å². The van der Waals surface area contributed by atoms with Crippen molar-refractivity contribution in [2.24, 2.45) is 0 Å². The van der Waals surface area contributed by atoms with Gasteiger partial charge in [-0.2, -0.15) is 0 Å². The lowest BCUT2D eigenvalue weighted by Gasteiger charge is -1.98. The Labute approximate surface area is 142 Å². The Bertz CT molecular complexity index is 782. The second kappa shape index (κ2) is 7.43. The van der Waals surface area contributed by atoms with E-state index in [9.17, 15) is 4.79 Å². The molecule has 7 heteroatoms. The van der Waals surface area contributed by atoms with Crippen LogP contribution in [0.2, 0.25) is 0 Å². The van der Waals surface area contributed by atoms with Crippen molar-refractivity contribution in [3.63, 3.8) is 0 Å². The molecule has 0 radical (unpaired) electrons. The molecule has 0 fully saturated rings. The van der Waals surface area contributed by atoms with Crippen molar-refractivity contribution in [3.8, 4) is 0 Å². The summed E-state index contributed by atoms with van der Waals surface area (Å²) in [5.41, 5.74) is 2.01.